The van der Waals surface area contributed by atoms with Crippen LogP contribution in [0.15, 0.2) is 52.7 Å². The summed E-state index contributed by atoms with van der Waals surface area (Å²) in [7, 11) is 0. The Bertz CT molecular complexity index is 865. The molecule has 0 aliphatic rings. The molecule has 1 heterocycles. The number of nitrogens with one attached hydrogen (secondary N) is 1. The summed E-state index contributed by atoms with van der Waals surface area (Å²) >= 11 is 0. The van der Waals surface area contributed by atoms with Gasteiger partial charge in [0.05, 0.1) is 6.26 Å². The van der Waals surface area contributed by atoms with E-state index >= 15 is 0 Å². The van der Waals surface area contributed by atoms with Gasteiger partial charge in [-0.3, -0.25) is 4.79 Å². The first-order valence-electron chi connectivity index (χ1n) is 7.25. The first kappa shape index (κ1) is 19.6. The van der Waals surface area contributed by atoms with Crippen LogP contribution in [0.4, 0.5) is 18.9 Å². The Balaban J connectivity index is 1.87. The van der Waals surface area contributed by atoms with Crippen molar-refractivity contribution in [3.8, 4) is 11.8 Å². The lowest BCUT2D eigenvalue weighted by Crippen LogP contribution is -2.21. The number of amides is 1. The number of anilines is 1. The number of carbonyl (C=O) groups is 2. The fourth-order valence-electron chi connectivity index (χ4n) is 1.80. The average Bonchev–Trinajstić information content (AvgIpc) is 3.11. The van der Waals surface area contributed by atoms with Crippen molar-refractivity contribution in [2.24, 2.45) is 0 Å². The smallest absolute Gasteiger partial charge is 0.465 e. The van der Waals surface area contributed by atoms with E-state index in [1.165, 1.54) is 24.5 Å². The standard InChI is InChI=1S/C17H11F3N2O5/c18-17(19,20)27-13-5-3-12(4-6-13)22-15(23)10-26-16(24)11(9-21)8-14-2-1-7-25-14/h1-8H,10H2,(H,22,23)/b11-8-. The Labute approximate surface area is 150 Å². The zero-order valence-corrected chi connectivity index (χ0v) is 13.4. The minimum atomic E-state index is -4.82. The van der Waals surface area contributed by atoms with Gasteiger partial charge < -0.3 is 19.2 Å². The lowest BCUT2D eigenvalue weighted by molar-refractivity contribution is -0.274. The zero-order valence-electron chi connectivity index (χ0n) is 13.4. The number of benzene rings is 1. The monoisotopic (exact) mass is 380 g/mol. The van der Waals surface area contributed by atoms with Gasteiger partial charge >= 0.3 is 12.3 Å². The summed E-state index contributed by atoms with van der Waals surface area (Å²) in [5.74, 6) is -1.97. The van der Waals surface area contributed by atoms with Crippen LogP contribution in [0.25, 0.3) is 6.08 Å². The van der Waals surface area contributed by atoms with Crippen LogP contribution in [0.3, 0.4) is 0 Å². The molecule has 0 spiro atoms. The van der Waals surface area contributed by atoms with Gasteiger partial charge in [0.2, 0.25) is 0 Å². The molecule has 0 fully saturated rings. The lowest BCUT2D eigenvalue weighted by atomic mass is 10.2. The molecule has 7 nitrogen and oxygen atoms in total. The molecule has 0 saturated heterocycles. The molecule has 0 aliphatic carbocycles. The van der Waals surface area contributed by atoms with Gasteiger partial charge in [0, 0.05) is 11.8 Å². The Morgan fingerprint density at radius 3 is 2.48 bits per heavy atom. The topological polar surface area (TPSA) is 102 Å². The van der Waals surface area contributed by atoms with E-state index in [1.807, 2.05) is 0 Å². The maximum Gasteiger partial charge on any atom is 0.573 e. The van der Waals surface area contributed by atoms with E-state index < -0.39 is 30.6 Å². The van der Waals surface area contributed by atoms with E-state index in [-0.39, 0.29) is 17.0 Å². The molecule has 0 radical (unpaired) electrons. The summed E-state index contributed by atoms with van der Waals surface area (Å²) in [4.78, 5) is 23.5. The maximum atomic E-state index is 12.1. The van der Waals surface area contributed by atoms with E-state index in [0.29, 0.717) is 0 Å². The van der Waals surface area contributed by atoms with Gasteiger partial charge in [-0.15, -0.1) is 13.2 Å². The molecule has 140 valence electrons. The number of alkyl halides is 3. The largest absolute Gasteiger partial charge is 0.573 e. The van der Waals surface area contributed by atoms with Crippen molar-refractivity contribution in [3.05, 3.63) is 54.0 Å². The second-order valence-electron chi connectivity index (χ2n) is 4.88. The number of rotatable bonds is 6. The van der Waals surface area contributed by atoms with Crippen LogP contribution in [-0.4, -0.2) is 24.8 Å². The highest BCUT2D eigenvalue weighted by molar-refractivity contribution is 5.99. The zero-order chi connectivity index (χ0) is 19.9. The number of nitriles is 1. The highest BCUT2D eigenvalue weighted by Gasteiger charge is 2.30. The Morgan fingerprint density at radius 1 is 1.22 bits per heavy atom. The first-order chi connectivity index (χ1) is 12.8. The van der Waals surface area contributed by atoms with Gasteiger partial charge in [-0.25, -0.2) is 4.79 Å². The number of halogens is 3. The normalized spacial score (nSPS) is 11.4. The molecule has 1 aromatic carbocycles. The Kier molecular flexibility index (Phi) is 6.22. The first-order valence-corrected chi connectivity index (χ1v) is 7.25. The van der Waals surface area contributed by atoms with E-state index in [1.54, 1.807) is 12.1 Å². The third-order valence-corrected chi connectivity index (χ3v) is 2.88. The molecule has 1 N–H and O–H groups in total. The Hall–Kier alpha value is -3.74. The summed E-state index contributed by atoms with van der Waals surface area (Å²) in [6, 6.07) is 9.08. The van der Waals surface area contributed by atoms with Crippen molar-refractivity contribution in [3.63, 3.8) is 0 Å². The minimum Gasteiger partial charge on any atom is -0.465 e. The summed E-state index contributed by atoms with van der Waals surface area (Å²) in [5.41, 5.74) is -0.205. The molecule has 10 heteroatoms. The van der Waals surface area contributed by atoms with Crippen molar-refractivity contribution < 1.29 is 36.7 Å². The molecular weight excluding hydrogens is 369 g/mol. The van der Waals surface area contributed by atoms with Gasteiger partial charge in [0.1, 0.15) is 23.2 Å². The molecule has 2 aromatic rings. The molecule has 0 aliphatic heterocycles. The van der Waals surface area contributed by atoms with Gasteiger partial charge in [-0.05, 0) is 36.4 Å². The second kappa shape index (κ2) is 8.57. The number of ether oxygens (including phenoxy) is 2. The number of nitrogens with zero attached hydrogens (tertiary/aromatic N) is 1. The molecular formula is C17H11F3N2O5. The van der Waals surface area contributed by atoms with Crippen LogP contribution in [0, 0.1) is 11.3 Å². The molecule has 1 amide bonds. The lowest BCUT2D eigenvalue weighted by Gasteiger charge is -2.10. The summed E-state index contributed by atoms with van der Waals surface area (Å²) in [6.45, 7) is -0.698. The van der Waals surface area contributed by atoms with Crippen LogP contribution < -0.4 is 10.1 Å². The van der Waals surface area contributed by atoms with Crippen LogP contribution >= 0.6 is 0 Å². The van der Waals surface area contributed by atoms with Crippen molar-refractivity contribution in [1.29, 1.82) is 5.26 Å². The van der Waals surface area contributed by atoms with Crippen molar-refractivity contribution >= 4 is 23.6 Å². The quantitative estimate of drug-likeness (QED) is 0.469. The third kappa shape index (κ3) is 6.58. The van der Waals surface area contributed by atoms with Gasteiger partial charge in [0.25, 0.3) is 5.91 Å². The number of hydrogen-bond donors (Lipinski definition) is 1. The molecule has 0 saturated carbocycles. The predicted octanol–water partition coefficient (Wildman–Crippen LogP) is 3.27. The molecule has 0 unspecified atom stereocenters. The van der Waals surface area contributed by atoms with Crippen molar-refractivity contribution in [2.45, 2.75) is 6.36 Å². The van der Waals surface area contributed by atoms with E-state index in [9.17, 15) is 22.8 Å². The van der Waals surface area contributed by atoms with Crippen LogP contribution in [0.2, 0.25) is 0 Å². The molecule has 2 rings (SSSR count). The average molecular weight is 380 g/mol. The molecule has 0 atom stereocenters. The SMILES string of the molecule is N#C/C(=C/c1ccco1)C(=O)OCC(=O)Nc1ccc(OC(F)(F)F)cc1. The Morgan fingerprint density at radius 2 is 1.93 bits per heavy atom. The number of esters is 1. The fourth-order valence-corrected chi connectivity index (χ4v) is 1.80. The van der Waals surface area contributed by atoms with E-state index in [4.69, 9.17) is 14.4 Å². The summed E-state index contributed by atoms with van der Waals surface area (Å²) in [5, 5.41) is 11.3. The maximum absolute atomic E-state index is 12.1. The molecule has 0 bridgehead atoms. The molecule has 1 aromatic heterocycles. The van der Waals surface area contributed by atoms with Gasteiger partial charge in [0.15, 0.2) is 6.61 Å². The second-order valence-corrected chi connectivity index (χ2v) is 4.88. The van der Waals surface area contributed by atoms with Gasteiger partial charge in [-0.1, -0.05) is 0 Å². The predicted molar refractivity (Wildman–Crippen MR) is 85.0 cm³/mol. The number of carbonyl (C=O) groups excluding carboxylic acids is 2. The van der Waals surface area contributed by atoms with Crippen LogP contribution in [-0.2, 0) is 14.3 Å². The number of hydrogen-bond acceptors (Lipinski definition) is 6. The third-order valence-electron chi connectivity index (χ3n) is 2.88. The molecule has 27 heavy (non-hydrogen) atoms. The van der Waals surface area contributed by atoms with E-state index in [0.717, 1.165) is 18.2 Å². The fraction of sp³-hybridized carbons (Fsp3) is 0.118. The highest BCUT2D eigenvalue weighted by atomic mass is 19.4. The number of furan rings is 1. The van der Waals surface area contributed by atoms with Crippen molar-refractivity contribution in [1.82, 2.24) is 0 Å². The van der Waals surface area contributed by atoms with E-state index in [2.05, 4.69) is 10.1 Å². The van der Waals surface area contributed by atoms with Gasteiger partial charge in [-0.2, -0.15) is 5.26 Å². The summed E-state index contributed by atoms with van der Waals surface area (Å²) < 4.78 is 49.6. The van der Waals surface area contributed by atoms with Crippen LogP contribution in [0.1, 0.15) is 5.76 Å². The summed E-state index contributed by atoms with van der Waals surface area (Å²) in [6.07, 6.45) is -2.31. The van der Waals surface area contributed by atoms with Crippen LogP contribution in [0.5, 0.6) is 5.75 Å². The minimum absolute atomic E-state index is 0.164. The van der Waals surface area contributed by atoms with Crippen molar-refractivity contribution in [2.75, 3.05) is 11.9 Å². The highest BCUT2D eigenvalue weighted by Crippen LogP contribution is 2.23.